The van der Waals surface area contributed by atoms with Crippen LogP contribution in [0.15, 0.2) is 0 Å². The third-order valence-electron chi connectivity index (χ3n) is 2.37. The summed E-state index contributed by atoms with van der Waals surface area (Å²) in [6.07, 6.45) is 4.45. The third-order valence-corrected chi connectivity index (χ3v) is 2.37. The standard InChI is InChI=1S/C10H18O3/c1-8(6-10(11)12-2)4-3-5-9-7-13-9/h8-9H,3-7H2,1-2H3. The van der Waals surface area contributed by atoms with Crippen LogP contribution in [0.4, 0.5) is 0 Å². The van der Waals surface area contributed by atoms with Crippen LogP contribution in [0.2, 0.25) is 0 Å². The number of hydrogen-bond donors (Lipinski definition) is 0. The molecule has 0 bridgehead atoms. The molecule has 0 aliphatic carbocycles. The minimum absolute atomic E-state index is 0.102. The van der Waals surface area contributed by atoms with Gasteiger partial charge < -0.3 is 9.47 Å². The first kappa shape index (κ1) is 10.5. The molecule has 0 aromatic heterocycles. The van der Waals surface area contributed by atoms with Crippen molar-refractivity contribution in [1.82, 2.24) is 0 Å². The Morgan fingerprint density at radius 3 is 2.92 bits per heavy atom. The molecule has 0 aromatic rings. The molecule has 1 fully saturated rings. The van der Waals surface area contributed by atoms with E-state index in [4.69, 9.17) is 4.74 Å². The molecule has 3 nitrogen and oxygen atoms in total. The lowest BCUT2D eigenvalue weighted by Crippen LogP contribution is -2.07. The molecule has 13 heavy (non-hydrogen) atoms. The Kier molecular flexibility index (Phi) is 4.22. The first-order chi connectivity index (χ1) is 6.22. The van der Waals surface area contributed by atoms with Crippen molar-refractivity contribution in [1.29, 1.82) is 0 Å². The average Bonchev–Trinajstić information content (AvgIpc) is 2.88. The van der Waals surface area contributed by atoms with Gasteiger partial charge >= 0.3 is 5.97 Å². The van der Waals surface area contributed by atoms with E-state index in [-0.39, 0.29) is 5.97 Å². The van der Waals surface area contributed by atoms with Crippen LogP contribution in [0.3, 0.4) is 0 Å². The van der Waals surface area contributed by atoms with Crippen molar-refractivity contribution in [3.8, 4) is 0 Å². The monoisotopic (exact) mass is 186 g/mol. The highest BCUT2D eigenvalue weighted by molar-refractivity contribution is 5.69. The number of methoxy groups -OCH3 is 1. The Hall–Kier alpha value is -0.570. The number of epoxide rings is 1. The predicted octanol–water partition coefficient (Wildman–Crippen LogP) is 1.75. The highest BCUT2D eigenvalue weighted by atomic mass is 16.6. The Labute approximate surface area is 79.4 Å². The number of esters is 1. The quantitative estimate of drug-likeness (QED) is 0.468. The molecule has 0 amide bonds. The van der Waals surface area contributed by atoms with Crippen LogP contribution in [0.5, 0.6) is 0 Å². The van der Waals surface area contributed by atoms with Gasteiger partial charge in [0, 0.05) is 6.42 Å². The van der Waals surface area contributed by atoms with Crippen molar-refractivity contribution >= 4 is 5.97 Å². The molecule has 1 aliphatic rings. The van der Waals surface area contributed by atoms with Gasteiger partial charge in [0.25, 0.3) is 0 Å². The Bertz CT molecular complexity index is 164. The van der Waals surface area contributed by atoms with Crippen LogP contribution in [0.1, 0.15) is 32.6 Å². The fourth-order valence-corrected chi connectivity index (χ4v) is 1.40. The maximum Gasteiger partial charge on any atom is 0.305 e. The van der Waals surface area contributed by atoms with E-state index in [2.05, 4.69) is 11.7 Å². The second-order valence-corrected chi connectivity index (χ2v) is 3.77. The van der Waals surface area contributed by atoms with E-state index in [0.717, 1.165) is 25.9 Å². The lowest BCUT2D eigenvalue weighted by atomic mass is 10.0. The van der Waals surface area contributed by atoms with Gasteiger partial charge in [0.1, 0.15) is 0 Å². The number of rotatable bonds is 6. The molecule has 1 heterocycles. The number of carbonyl (C=O) groups is 1. The van der Waals surface area contributed by atoms with Crippen molar-refractivity contribution in [2.45, 2.75) is 38.7 Å². The molecule has 0 spiro atoms. The lowest BCUT2D eigenvalue weighted by molar-refractivity contribution is -0.141. The summed E-state index contributed by atoms with van der Waals surface area (Å²) in [6, 6.07) is 0. The van der Waals surface area contributed by atoms with E-state index >= 15 is 0 Å². The van der Waals surface area contributed by atoms with Gasteiger partial charge in [-0.2, -0.15) is 0 Å². The second kappa shape index (κ2) is 5.22. The van der Waals surface area contributed by atoms with E-state index in [1.54, 1.807) is 0 Å². The summed E-state index contributed by atoms with van der Waals surface area (Å²) >= 11 is 0. The first-order valence-corrected chi connectivity index (χ1v) is 4.90. The van der Waals surface area contributed by atoms with Gasteiger partial charge in [-0.15, -0.1) is 0 Å². The summed E-state index contributed by atoms with van der Waals surface area (Å²) in [5.41, 5.74) is 0. The highest BCUT2D eigenvalue weighted by Gasteiger charge is 2.21. The van der Waals surface area contributed by atoms with Crippen LogP contribution >= 0.6 is 0 Å². The molecule has 0 aromatic carbocycles. The zero-order valence-corrected chi connectivity index (χ0v) is 8.41. The van der Waals surface area contributed by atoms with Crippen LogP contribution in [-0.2, 0) is 14.3 Å². The summed E-state index contributed by atoms with van der Waals surface area (Å²) in [7, 11) is 1.44. The van der Waals surface area contributed by atoms with E-state index < -0.39 is 0 Å². The molecular weight excluding hydrogens is 168 g/mol. The van der Waals surface area contributed by atoms with Gasteiger partial charge in [-0.05, 0) is 12.3 Å². The maximum atomic E-state index is 10.9. The average molecular weight is 186 g/mol. The Balaban J connectivity index is 1.95. The molecule has 2 unspecified atom stereocenters. The molecule has 76 valence electrons. The first-order valence-electron chi connectivity index (χ1n) is 4.90. The molecular formula is C10H18O3. The van der Waals surface area contributed by atoms with E-state index in [1.165, 1.54) is 7.11 Å². The Morgan fingerprint density at radius 2 is 2.38 bits per heavy atom. The fraction of sp³-hybridized carbons (Fsp3) is 0.900. The molecule has 1 saturated heterocycles. The number of hydrogen-bond acceptors (Lipinski definition) is 3. The summed E-state index contributed by atoms with van der Waals surface area (Å²) in [5.74, 6) is 0.335. The molecule has 0 radical (unpaired) electrons. The van der Waals surface area contributed by atoms with Gasteiger partial charge in [-0.25, -0.2) is 0 Å². The smallest absolute Gasteiger partial charge is 0.305 e. The number of carbonyl (C=O) groups excluding carboxylic acids is 1. The molecule has 0 N–H and O–H groups in total. The predicted molar refractivity (Wildman–Crippen MR) is 49.4 cm³/mol. The van der Waals surface area contributed by atoms with Gasteiger partial charge in [-0.3, -0.25) is 4.79 Å². The summed E-state index contributed by atoms with van der Waals surface area (Å²) in [4.78, 5) is 10.9. The van der Waals surface area contributed by atoms with Crippen molar-refractivity contribution < 1.29 is 14.3 Å². The van der Waals surface area contributed by atoms with Crippen molar-refractivity contribution in [3.63, 3.8) is 0 Å². The lowest BCUT2D eigenvalue weighted by Gasteiger charge is -2.08. The number of ether oxygens (including phenoxy) is 2. The van der Waals surface area contributed by atoms with Crippen molar-refractivity contribution in [2.75, 3.05) is 13.7 Å². The molecule has 1 aliphatic heterocycles. The molecule has 3 heteroatoms. The summed E-state index contributed by atoms with van der Waals surface area (Å²) in [6.45, 7) is 3.02. The van der Waals surface area contributed by atoms with Gasteiger partial charge in [0.2, 0.25) is 0 Å². The fourth-order valence-electron chi connectivity index (χ4n) is 1.40. The SMILES string of the molecule is COC(=O)CC(C)CCCC1CO1. The van der Waals surface area contributed by atoms with Crippen LogP contribution in [0.25, 0.3) is 0 Å². The van der Waals surface area contributed by atoms with Crippen molar-refractivity contribution in [2.24, 2.45) is 5.92 Å². The van der Waals surface area contributed by atoms with Gasteiger partial charge in [-0.1, -0.05) is 19.8 Å². The summed E-state index contributed by atoms with van der Waals surface area (Å²) < 4.78 is 9.70. The van der Waals surface area contributed by atoms with Gasteiger partial charge in [0.05, 0.1) is 19.8 Å². The van der Waals surface area contributed by atoms with Gasteiger partial charge in [0.15, 0.2) is 0 Å². The highest BCUT2D eigenvalue weighted by Crippen LogP contribution is 2.20. The van der Waals surface area contributed by atoms with E-state index in [0.29, 0.717) is 18.4 Å². The molecule has 1 rings (SSSR count). The van der Waals surface area contributed by atoms with Crippen LogP contribution < -0.4 is 0 Å². The molecule has 0 saturated carbocycles. The minimum atomic E-state index is -0.102. The zero-order valence-electron chi connectivity index (χ0n) is 8.41. The van der Waals surface area contributed by atoms with Crippen LogP contribution in [0, 0.1) is 5.92 Å². The topological polar surface area (TPSA) is 38.8 Å². The third kappa shape index (κ3) is 4.88. The second-order valence-electron chi connectivity index (χ2n) is 3.77. The molecule has 2 atom stereocenters. The minimum Gasteiger partial charge on any atom is -0.469 e. The van der Waals surface area contributed by atoms with Crippen LogP contribution in [-0.4, -0.2) is 25.8 Å². The zero-order chi connectivity index (χ0) is 9.68. The van der Waals surface area contributed by atoms with E-state index in [9.17, 15) is 4.79 Å². The largest absolute Gasteiger partial charge is 0.469 e. The van der Waals surface area contributed by atoms with E-state index in [1.807, 2.05) is 0 Å². The maximum absolute atomic E-state index is 10.9. The Morgan fingerprint density at radius 1 is 1.69 bits per heavy atom. The van der Waals surface area contributed by atoms with Crippen molar-refractivity contribution in [3.05, 3.63) is 0 Å². The normalized spacial score (nSPS) is 22.5. The summed E-state index contributed by atoms with van der Waals surface area (Å²) in [5, 5.41) is 0.